The van der Waals surface area contributed by atoms with Gasteiger partial charge in [-0.2, -0.15) is 0 Å². The Hall–Kier alpha value is -2.42. The Morgan fingerprint density at radius 1 is 0.842 bits per heavy atom. The van der Waals surface area contributed by atoms with Gasteiger partial charge in [-0.15, -0.1) is 4.68 Å². The summed E-state index contributed by atoms with van der Waals surface area (Å²) in [6.07, 6.45) is 0. The average Bonchev–Trinajstić information content (AvgIpc) is 2.76. The van der Waals surface area contributed by atoms with Gasteiger partial charge in [-0.05, 0) is 24.3 Å². The summed E-state index contributed by atoms with van der Waals surface area (Å²) in [6.45, 7) is 0. The predicted octanol–water partition coefficient (Wildman–Crippen LogP) is 2.58. The molecule has 3 heteroatoms. The van der Waals surface area contributed by atoms with Gasteiger partial charge in [-0.1, -0.05) is 36.4 Å². The molecule has 94 valence electrons. The highest BCUT2D eigenvalue weighted by Gasteiger charge is 2.22. The van der Waals surface area contributed by atoms with Gasteiger partial charge in [0.25, 0.3) is 5.82 Å². The topological polar surface area (TPSA) is 21.7 Å². The first-order chi connectivity index (χ1) is 9.27. The lowest BCUT2D eigenvalue weighted by Gasteiger charge is -1.98. The van der Waals surface area contributed by atoms with Gasteiger partial charge in [-0.3, -0.25) is 0 Å². The first kappa shape index (κ1) is 11.7. The van der Waals surface area contributed by atoms with Crippen molar-refractivity contribution in [1.82, 2.24) is 9.78 Å². The fourth-order valence-corrected chi connectivity index (χ4v) is 2.38. The number of aromatic nitrogens is 3. The molecular formula is C16H16N3+. The molecule has 0 amide bonds. The highest BCUT2D eigenvalue weighted by molar-refractivity contribution is 5.56. The van der Waals surface area contributed by atoms with Crippen molar-refractivity contribution in [2.24, 2.45) is 14.1 Å². The van der Waals surface area contributed by atoms with E-state index in [-0.39, 0.29) is 0 Å². The maximum atomic E-state index is 4.64. The van der Waals surface area contributed by atoms with Crippen molar-refractivity contribution < 1.29 is 4.57 Å². The van der Waals surface area contributed by atoms with E-state index in [1.165, 1.54) is 5.56 Å². The van der Waals surface area contributed by atoms with Crippen LogP contribution in [0.1, 0.15) is 0 Å². The van der Waals surface area contributed by atoms with Crippen LogP contribution in [-0.4, -0.2) is 9.78 Å². The van der Waals surface area contributed by atoms with Gasteiger partial charge in [-0.25, -0.2) is 4.57 Å². The molecule has 0 aliphatic rings. The molecule has 3 nitrogen and oxygen atoms in total. The highest BCUT2D eigenvalue weighted by Crippen LogP contribution is 2.19. The Balaban J connectivity index is 2.17. The molecule has 0 fully saturated rings. The van der Waals surface area contributed by atoms with Crippen LogP contribution in [0.4, 0.5) is 0 Å². The maximum absolute atomic E-state index is 4.64. The minimum Gasteiger partial charge on any atom is -0.226 e. The molecule has 0 saturated carbocycles. The highest BCUT2D eigenvalue weighted by atomic mass is 15.4. The van der Waals surface area contributed by atoms with E-state index in [1.54, 1.807) is 0 Å². The van der Waals surface area contributed by atoms with Crippen molar-refractivity contribution >= 4 is 0 Å². The summed E-state index contributed by atoms with van der Waals surface area (Å²) in [7, 11) is 4.03. The van der Waals surface area contributed by atoms with Gasteiger partial charge in [0.1, 0.15) is 0 Å². The fourth-order valence-electron chi connectivity index (χ4n) is 2.38. The molecule has 0 bridgehead atoms. The van der Waals surface area contributed by atoms with Crippen molar-refractivity contribution in [3.8, 4) is 22.8 Å². The van der Waals surface area contributed by atoms with Crippen LogP contribution >= 0.6 is 0 Å². The Morgan fingerprint density at radius 2 is 1.37 bits per heavy atom. The summed E-state index contributed by atoms with van der Waals surface area (Å²) in [5.74, 6) is 2.07. The third-order valence-electron chi connectivity index (χ3n) is 3.25. The molecule has 3 aromatic rings. The number of nitrogens with zero attached hydrogens (tertiary/aromatic N) is 3. The third-order valence-corrected chi connectivity index (χ3v) is 3.25. The van der Waals surface area contributed by atoms with Crippen molar-refractivity contribution in [2.75, 3.05) is 0 Å². The predicted molar refractivity (Wildman–Crippen MR) is 75.3 cm³/mol. The molecule has 0 atom stereocenters. The summed E-state index contributed by atoms with van der Waals surface area (Å²) < 4.78 is 4.06. The molecular weight excluding hydrogens is 234 g/mol. The van der Waals surface area contributed by atoms with E-state index in [0.717, 1.165) is 17.2 Å². The molecule has 2 aromatic carbocycles. The molecule has 0 unspecified atom stereocenters. The quantitative estimate of drug-likeness (QED) is 0.641. The number of aryl methyl sites for hydroxylation is 1. The van der Waals surface area contributed by atoms with Crippen LogP contribution in [0.2, 0.25) is 0 Å². The van der Waals surface area contributed by atoms with E-state index < -0.39 is 0 Å². The first-order valence-electron chi connectivity index (χ1n) is 6.31. The maximum Gasteiger partial charge on any atom is 0.309 e. The van der Waals surface area contributed by atoms with E-state index in [9.17, 15) is 0 Å². The largest absolute Gasteiger partial charge is 0.309 e. The Labute approximate surface area is 112 Å². The summed E-state index contributed by atoms with van der Waals surface area (Å²) in [5.41, 5.74) is 2.30. The van der Waals surface area contributed by atoms with Gasteiger partial charge >= 0.3 is 5.82 Å². The zero-order valence-corrected chi connectivity index (χ0v) is 11.1. The van der Waals surface area contributed by atoms with E-state index in [0.29, 0.717) is 0 Å². The molecule has 19 heavy (non-hydrogen) atoms. The van der Waals surface area contributed by atoms with Crippen molar-refractivity contribution in [2.45, 2.75) is 0 Å². The third kappa shape index (κ3) is 2.03. The molecule has 0 N–H and O–H groups in total. The molecule has 0 aliphatic heterocycles. The van der Waals surface area contributed by atoms with Gasteiger partial charge in [0.2, 0.25) is 0 Å². The van der Waals surface area contributed by atoms with Crippen LogP contribution in [-0.2, 0) is 14.1 Å². The second-order valence-corrected chi connectivity index (χ2v) is 4.56. The smallest absolute Gasteiger partial charge is 0.226 e. The zero-order valence-electron chi connectivity index (χ0n) is 11.1. The van der Waals surface area contributed by atoms with Gasteiger partial charge in [0.15, 0.2) is 0 Å². The monoisotopic (exact) mass is 250 g/mol. The van der Waals surface area contributed by atoms with E-state index >= 15 is 0 Å². The second-order valence-electron chi connectivity index (χ2n) is 4.56. The number of benzene rings is 2. The minimum absolute atomic E-state index is 0.974. The van der Waals surface area contributed by atoms with E-state index in [1.807, 2.05) is 48.1 Å². The lowest BCUT2D eigenvalue weighted by atomic mass is 10.2. The first-order valence-corrected chi connectivity index (χ1v) is 6.31. The Morgan fingerprint density at radius 3 is 1.95 bits per heavy atom. The number of hydrogen-bond donors (Lipinski definition) is 0. The van der Waals surface area contributed by atoms with E-state index in [2.05, 4.69) is 41.0 Å². The molecule has 1 heterocycles. The average molecular weight is 250 g/mol. The van der Waals surface area contributed by atoms with Crippen LogP contribution in [0.5, 0.6) is 0 Å². The Bertz CT molecular complexity index is 685. The van der Waals surface area contributed by atoms with Crippen LogP contribution in [0.25, 0.3) is 22.8 Å². The van der Waals surface area contributed by atoms with Gasteiger partial charge in [0, 0.05) is 5.10 Å². The number of rotatable bonds is 2. The zero-order chi connectivity index (χ0) is 13.2. The van der Waals surface area contributed by atoms with Gasteiger partial charge in [0.05, 0.1) is 25.2 Å². The van der Waals surface area contributed by atoms with Gasteiger partial charge < -0.3 is 0 Å². The van der Waals surface area contributed by atoms with Crippen molar-refractivity contribution in [1.29, 1.82) is 0 Å². The molecule has 0 spiro atoms. The van der Waals surface area contributed by atoms with Crippen LogP contribution in [0.3, 0.4) is 0 Å². The Kier molecular flexibility index (Phi) is 2.88. The standard InChI is InChI=1S/C16H16N3/c1-18-15(13-9-5-3-6-10-13)17-19(2)16(18)14-11-7-4-8-12-14/h3-12H,1-2H3/q+1. The minimum atomic E-state index is 0.974. The lowest BCUT2D eigenvalue weighted by Crippen LogP contribution is -2.32. The molecule has 1 aromatic heterocycles. The van der Waals surface area contributed by atoms with Crippen molar-refractivity contribution in [3.05, 3.63) is 60.7 Å². The fraction of sp³-hybridized carbons (Fsp3) is 0.125. The normalized spacial score (nSPS) is 10.6. The summed E-state index contributed by atoms with van der Waals surface area (Å²) in [5, 5.41) is 4.64. The summed E-state index contributed by atoms with van der Waals surface area (Å²) in [4.78, 5) is 0. The second kappa shape index (κ2) is 4.69. The lowest BCUT2D eigenvalue weighted by molar-refractivity contribution is -0.649. The summed E-state index contributed by atoms with van der Waals surface area (Å²) in [6, 6.07) is 20.6. The van der Waals surface area contributed by atoms with Crippen LogP contribution in [0, 0.1) is 0 Å². The van der Waals surface area contributed by atoms with E-state index in [4.69, 9.17) is 0 Å². The molecule has 0 aliphatic carbocycles. The van der Waals surface area contributed by atoms with Crippen LogP contribution in [0.15, 0.2) is 60.7 Å². The summed E-state index contributed by atoms with van der Waals surface area (Å²) >= 11 is 0. The molecule has 0 saturated heterocycles. The van der Waals surface area contributed by atoms with Crippen LogP contribution < -0.4 is 4.57 Å². The molecule has 0 radical (unpaired) electrons. The van der Waals surface area contributed by atoms with Crippen molar-refractivity contribution in [3.63, 3.8) is 0 Å². The number of hydrogen-bond acceptors (Lipinski definition) is 1. The SMILES string of the molecule is Cn1nc(-c2ccccc2)[n+](C)c1-c1ccccc1. The molecule has 3 rings (SSSR count).